The second kappa shape index (κ2) is 7.98. The molecule has 0 aliphatic carbocycles. The summed E-state index contributed by atoms with van der Waals surface area (Å²) >= 11 is 0. The van der Waals surface area contributed by atoms with E-state index in [1.807, 2.05) is 24.3 Å². The van der Waals surface area contributed by atoms with Crippen molar-refractivity contribution in [2.75, 3.05) is 18.5 Å². The number of fused-ring (bicyclic) bond motifs is 3. The highest BCUT2D eigenvalue weighted by Crippen LogP contribution is 2.31. The van der Waals surface area contributed by atoms with Crippen LogP contribution in [0.15, 0.2) is 48.7 Å². The smallest absolute Gasteiger partial charge is 0.341 e. The molecule has 154 valence electrons. The fourth-order valence-corrected chi connectivity index (χ4v) is 3.51. The zero-order valence-electron chi connectivity index (χ0n) is 16.2. The molecule has 1 aliphatic heterocycles. The van der Waals surface area contributed by atoms with Crippen LogP contribution in [0.1, 0.15) is 18.2 Å². The Morgan fingerprint density at radius 3 is 2.80 bits per heavy atom. The van der Waals surface area contributed by atoms with Crippen molar-refractivity contribution < 1.29 is 23.1 Å². The monoisotopic (exact) mass is 411 g/mol. The molecule has 0 fully saturated rings. The Morgan fingerprint density at radius 2 is 2.00 bits per heavy atom. The highest BCUT2D eigenvalue weighted by molar-refractivity contribution is 6.18. The standard InChI is InChI=1S/C22H19F2N3O3/c1-2-30-21(28)16-12-27(22(29)26-19-11-13(23)7-8-17(19)24)10-9-15-14-5-3-4-6-18(14)25-20(15)16/h3-8,11-12,25H,2,9-10H2,1H3,(H,26,29). The van der Waals surface area contributed by atoms with Gasteiger partial charge in [0.2, 0.25) is 0 Å². The first-order valence-corrected chi connectivity index (χ1v) is 9.49. The molecule has 1 aliphatic rings. The number of ether oxygens (including phenoxy) is 1. The molecule has 2 heterocycles. The molecule has 3 aromatic rings. The molecular weight excluding hydrogens is 392 g/mol. The number of anilines is 1. The van der Waals surface area contributed by atoms with Gasteiger partial charge in [0, 0.05) is 29.7 Å². The van der Waals surface area contributed by atoms with E-state index in [0.717, 1.165) is 34.7 Å². The van der Waals surface area contributed by atoms with E-state index < -0.39 is 23.6 Å². The second-order valence-electron chi connectivity index (χ2n) is 6.79. The summed E-state index contributed by atoms with van der Waals surface area (Å²) in [4.78, 5) is 29.9. The van der Waals surface area contributed by atoms with Gasteiger partial charge < -0.3 is 15.0 Å². The van der Waals surface area contributed by atoms with Gasteiger partial charge in [0.1, 0.15) is 11.6 Å². The highest BCUT2D eigenvalue weighted by atomic mass is 19.1. The number of aromatic amines is 1. The molecule has 2 amide bonds. The van der Waals surface area contributed by atoms with Crippen LogP contribution in [0.3, 0.4) is 0 Å². The van der Waals surface area contributed by atoms with Crippen molar-refractivity contribution in [1.29, 1.82) is 0 Å². The molecule has 0 bridgehead atoms. The van der Waals surface area contributed by atoms with E-state index in [4.69, 9.17) is 4.74 Å². The Bertz CT molecular complexity index is 1170. The van der Waals surface area contributed by atoms with Gasteiger partial charge in [0.05, 0.1) is 23.6 Å². The number of esters is 1. The highest BCUT2D eigenvalue weighted by Gasteiger charge is 2.27. The lowest BCUT2D eigenvalue weighted by atomic mass is 10.0. The average Bonchev–Trinajstić information content (AvgIpc) is 2.98. The Balaban J connectivity index is 1.71. The zero-order valence-corrected chi connectivity index (χ0v) is 16.2. The fourth-order valence-electron chi connectivity index (χ4n) is 3.51. The molecular formula is C22H19F2N3O3. The number of urea groups is 1. The minimum absolute atomic E-state index is 0.173. The van der Waals surface area contributed by atoms with Crippen molar-refractivity contribution in [3.05, 3.63) is 71.6 Å². The number of halogens is 2. The largest absolute Gasteiger partial charge is 0.462 e. The van der Waals surface area contributed by atoms with Crippen LogP contribution < -0.4 is 5.32 Å². The second-order valence-corrected chi connectivity index (χ2v) is 6.79. The van der Waals surface area contributed by atoms with E-state index in [0.29, 0.717) is 12.1 Å². The number of carbonyl (C=O) groups excluding carboxylic acids is 2. The Kier molecular flexibility index (Phi) is 5.22. The molecule has 8 heteroatoms. The van der Waals surface area contributed by atoms with Gasteiger partial charge >= 0.3 is 12.0 Å². The van der Waals surface area contributed by atoms with Gasteiger partial charge in [-0.15, -0.1) is 0 Å². The number of nitrogens with zero attached hydrogens (tertiary/aromatic N) is 1. The molecule has 0 spiro atoms. The first-order valence-electron chi connectivity index (χ1n) is 9.49. The van der Waals surface area contributed by atoms with Crippen molar-refractivity contribution >= 4 is 34.2 Å². The number of aromatic nitrogens is 1. The lowest BCUT2D eigenvalue weighted by molar-refractivity contribution is -0.136. The predicted octanol–water partition coefficient (Wildman–Crippen LogP) is 4.44. The summed E-state index contributed by atoms with van der Waals surface area (Å²) in [5.74, 6) is -2.01. The van der Waals surface area contributed by atoms with E-state index in [9.17, 15) is 18.4 Å². The summed E-state index contributed by atoms with van der Waals surface area (Å²) in [6, 6.07) is 9.74. The third kappa shape index (κ3) is 3.63. The van der Waals surface area contributed by atoms with E-state index in [1.165, 1.54) is 11.1 Å². The maximum absolute atomic E-state index is 13.9. The van der Waals surface area contributed by atoms with E-state index in [1.54, 1.807) is 6.92 Å². The van der Waals surface area contributed by atoms with Crippen LogP contribution in [0.5, 0.6) is 0 Å². The van der Waals surface area contributed by atoms with Crippen LogP contribution in [0.25, 0.3) is 16.5 Å². The Hall–Kier alpha value is -3.68. The molecule has 0 unspecified atom stereocenters. The van der Waals surface area contributed by atoms with Gasteiger partial charge in [-0.25, -0.2) is 18.4 Å². The number of amides is 2. The van der Waals surface area contributed by atoms with Gasteiger partial charge in [-0.1, -0.05) is 18.2 Å². The molecule has 1 aromatic heterocycles. The molecule has 6 nitrogen and oxygen atoms in total. The Morgan fingerprint density at radius 1 is 1.20 bits per heavy atom. The van der Waals surface area contributed by atoms with Crippen LogP contribution in [0.2, 0.25) is 0 Å². The Labute approximate surface area is 171 Å². The van der Waals surface area contributed by atoms with Crippen molar-refractivity contribution in [1.82, 2.24) is 9.88 Å². The summed E-state index contributed by atoms with van der Waals surface area (Å²) < 4.78 is 32.5. The topological polar surface area (TPSA) is 74.4 Å². The summed E-state index contributed by atoms with van der Waals surface area (Å²) in [5, 5.41) is 3.31. The molecule has 0 atom stereocenters. The minimum atomic E-state index is -0.759. The molecule has 2 N–H and O–H groups in total. The molecule has 4 rings (SSSR count). The number of para-hydroxylation sites is 1. The summed E-state index contributed by atoms with van der Waals surface area (Å²) in [6.45, 7) is 2.10. The third-order valence-corrected chi connectivity index (χ3v) is 4.90. The average molecular weight is 411 g/mol. The third-order valence-electron chi connectivity index (χ3n) is 4.90. The summed E-state index contributed by atoms with van der Waals surface area (Å²) in [5.41, 5.74) is 2.26. The van der Waals surface area contributed by atoms with Crippen molar-refractivity contribution in [3.63, 3.8) is 0 Å². The maximum Gasteiger partial charge on any atom is 0.341 e. The number of H-pyrrole nitrogens is 1. The van der Waals surface area contributed by atoms with Crippen LogP contribution in [0.4, 0.5) is 19.3 Å². The SMILES string of the molecule is CCOC(=O)C1=CN(C(=O)Nc2cc(F)ccc2F)CCc2c1[nH]c1ccccc21. The van der Waals surface area contributed by atoms with Crippen molar-refractivity contribution in [2.24, 2.45) is 0 Å². The lowest BCUT2D eigenvalue weighted by Gasteiger charge is -2.19. The fraction of sp³-hybridized carbons (Fsp3) is 0.182. The lowest BCUT2D eigenvalue weighted by Crippen LogP contribution is -2.32. The number of rotatable bonds is 3. The molecule has 0 saturated carbocycles. The number of hydrogen-bond acceptors (Lipinski definition) is 3. The number of hydrogen-bond donors (Lipinski definition) is 2. The normalized spacial score (nSPS) is 13.4. The maximum atomic E-state index is 13.9. The summed E-state index contributed by atoms with van der Waals surface area (Å²) in [6.07, 6.45) is 1.84. The van der Waals surface area contributed by atoms with Gasteiger partial charge in [-0.3, -0.25) is 4.90 Å². The molecule has 0 saturated heterocycles. The number of carbonyl (C=O) groups is 2. The zero-order chi connectivity index (χ0) is 21.3. The minimum Gasteiger partial charge on any atom is -0.462 e. The molecule has 2 aromatic carbocycles. The van der Waals surface area contributed by atoms with E-state index >= 15 is 0 Å². The summed E-state index contributed by atoms with van der Waals surface area (Å²) in [7, 11) is 0. The number of benzene rings is 2. The van der Waals surface area contributed by atoms with Gasteiger partial charge in [-0.2, -0.15) is 0 Å². The number of nitrogens with one attached hydrogen (secondary N) is 2. The quantitative estimate of drug-likeness (QED) is 0.626. The first kappa shape index (κ1) is 19.6. The molecule has 0 radical (unpaired) electrons. The van der Waals surface area contributed by atoms with E-state index in [-0.39, 0.29) is 24.4 Å². The van der Waals surface area contributed by atoms with Crippen LogP contribution in [-0.4, -0.2) is 35.0 Å². The first-order chi connectivity index (χ1) is 14.5. The van der Waals surface area contributed by atoms with Crippen LogP contribution in [-0.2, 0) is 16.0 Å². The van der Waals surface area contributed by atoms with Crippen LogP contribution in [0, 0.1) is 11.6 Å². The van der Waals surface area contributed by atoms with Crippen LogP contribution >= 0.6 is 0 Å². The van der Waals surface area contributed by atoms with E-state index in [2.05, 4.69) is 10.3 Å². The molecule has 30 heavy (non-hydrogen) atoms. The van der Waals surface area contributed by atoms with Crippen molar-refractivity contribution in [2.45, 2.75) is 13.3 Å². The van der Waals surface area contributed by atoms with Gasteiger partial charge in [-0.05, 0) is 37.1 Å². The van der Waals surface area contributed by atoms with Crippen molar-refractivity contribution in [3.8, 4) is 0 Å². The van der Waals surface area contributed by atoms with Gasteiger partial charge in [0.25, 0.3) is 0 Å². The van der Waals surface area contributed by atoms with Gasteiger partial charge in [0.15, 0.2) is 0 Å². The predicted molar refractivity (Wildman–Crippen MR) is 109 cm³/mol.